The van der Waals surface area contributed by atoms with Gasteiger partial charge in [-0.2, -0.15) is 9.78 Å². The molecule has 0 aliphatic carbocycles. The Kier molecular flexibility index (Phi) is 7.33. The van der Waals surface area contributed by atoms with Crippen molar-refractivity contribution in [2.75, 3.05) is 69.2 Å². The van der Waals surface area contributed by atoms with E-state index in [-0.39, 0.29) is 11.5 Å². The molecule has 0 saturated carbocycles. The molecular weight excluding hydrogens is 500 g/mol. The van der Waals surface area contributed by atoms with E-state index in [0.29, 0.717) is 37.4 Å². The number of rotatable bonds is 5. The summed E-state index contributed by atoms with van der Waals surface area (Å²) in [5, 5.41) is 4.59. The number of hydrogen-bond acceptors (Lipinski definition) is 6. The van der Waals surface area contributed by atoms with E-state index in [2.05, 4.69) is 26.8 Å². The minimum Gasteiger partial charge on any atom is -0.365 e. The molecule has 3 heterocycles. The first-order chi connectivity index (χ1) is 19.6. The van der Waals surface area contributed by atoms with E-state index in [0.717, 1.165) is 48.7 Å². The van der Waals surface area contributed by atoms with Gasteiger partial charge in [0.2, 0.25) is 0 Å². The minimum atomic E-state index is -0.108. The van der Waals surface area contributed by atoms with Crippen molar-refractivity contribution in [2.45, 2.75) is 0 Å². The van der Waals surface area contributed by atoms with Gasteiger partial charge in [-0.05, 0) is 36.4 Å². The lowest BCUT2D eigenvalue weighted by Crippen LogP contribution is -2.51. The van der Waals surface area contributed by atoms with Gasteiger partial charge in [-0.25, -0.2) is 0 Å². The smallest absolute Gasteiger partial charge is 0.297 e. The van der Waals surface area contributed by atoms with Gasteiger partial charge in [-0.3, -0.25) is 9.59 Å². The maximum Gasteiger partial charge on any atom is 0.297 e. The summed E-state index contributed by atoms with van der Waals surface area (Å²) in [6, 6.07) is 27.4. The zero-order chi connectivity index (χ0) is 27.5. The number of piperazine rings is 2. The van der Waals surface area contributed by atoms with E-state index < -0.39 is 0 Å². The van der Waals surface area contributed by atoms with Crippen molar-refractivity contribution in [2.24, 2.45) is 0 Å². The highest BCUT2D eigenvalue weighted by Crippen LogP contribution is 2.29. The highest BCUT2D eigenvalue weighted by molar-refractivity contribution is 6.01. The van der Waals surface area contributed by atoms with Gasteiger partial charge in [0.15, 0.2) is 0 Å². The third kappa shape index (κ3) is 5.10. The van der Waals surface area contributed by atoms with Crippen LogP contribution in [-0.2, 0) is 0 Å². The van der Waals surface area contributed by atoms with Crippen LogP contribution in [0.5, 0.6) is 0 Å². The van der Waals surface area contributed by atoms with Crippen LogP contribution in [0.1, 0.15) is 10.4 Å². The maximum absolute atomic E-state index is 13.9. The predicted molar refractivity (Wildman–Crippen MR) is 160 cm³/mol. The van der Waals surface area contributed by atoms with Gasteiger partial charge in [0.25, 0.3) is 11.5 Å². The van der Waals surface area contributed by atoms with Crippen LogP contribution in [0.3, 0.4) is 0 Å². The van der Waals surface area contributed by atoms with Crippen molar-refractivity contribution < 1.29 is 4.79 Å². The summed E-state index contributed by atoms with van der Waals surface area (Å²) in [7, 11) is 2.11. The highest BCUT2D eigenvalue weighted by Gasteiger charge is 2.29. The van der Waals surface area contributed by atoms with Crippen LogP contribution < -0.4 is 15.4 Å². The Morgan fingerprint density at radius 3 is 2.00 bits per heavy atom. The SMILES string of the molecule is CN1CCN(c2c(N3CCN(C(=O)c4ccccc4-c4ccccc4)CC3)cnn(-c3ccccc3)c2=O)CC1. The van der Waals surface area contributed by atoms with Gasteiger partial charge in [0, 0.05) is 57.9 Å². The largest absolute Gasteiger partial charge is 0.365 e. The van der Waals surface area contributed by atoms with Crippen molar-refractivity contribution in [3.63, 3.8) is 0 Å². The van der Waals surface area contributed by atoms with Gasteiger partial charge in [0.1, 0.15) is 5.69 Å². The standard InChI is InChI=1S/C32H34N6O2/c1-34-16-18-36(19-17-34)30-29(24-33-38(32(30)40)26-12-6-3-7-13-26)35-20-22-37(23-21-35)31(39)28-15-9-8-14-27(28)25-10-4-2-5-11-25/h2-15,24H,16-23H2,1H3. The number of aromatic nitrogens is 2. The fraction of sp³-hybridized carbons (Fsp3) is 0.281. The van der Waals surface area contributed by atoms with Crippen LogP contribution in [0.15, 0.2) is 95.9 Å². The monoisotopic (exact) mass is 534 g/mol. The van der Waals surface area contributed by atoms with Gasteiger partial charge in [-0.15, -0.1) is 0 Å². The first kappa shape index (κ1) is 25.8. The molecule has 40 heavy (non-hydrogen) atoms. The molecule has 1 amide bonds. The van der Waals surface area contributed by atoms with Gasteiger partial charge in [-0.1, -0.05) is 66.7 Å². The molecule has 2 aliphatic rings. The average Bonchev–Trinajstić information content (AvgIpc) is 3.02. The second kappa shape index (κ2) is 11.4. The lowest BCUT2D eigenvalue weighted by Gasteiger charge is -2.39. The molecule has 4 aromatic rings. The molecule has 0 radical (unpaired) electrons. The van der Waals surface area contributed by atoms with Gasteiger partial charge in [0.05, 0.1) is 17.6 Å². The Bertz CT molecular complexity index is 1520. The Balaban J connectivity index is 1.26. The van der Waals surface area contributed by atoms with Crippen molar-refractivity contribution >= 4 is 17.3 Å². The van der Waals surface area contributed by atoms with E-state index in [1.165, 1.54) is 4.68 Å². The average molecular weight is 535 g/mol. The molecule has 2 saturated heterocycles. The quantitative estimate of drug-likeness (QED) is 0.390. The number of likely N-dealkylation sites (N-methyl/N-ethyl adjacent to an activating group) is 1. The molecule has 6 rings (SSSR count). The molecule has 2 aliphatic heterocycles. The molecule has 0 spiro atoms. The van der Waals surface area contributed by atoms with E-state index in [1.54, 1.807) is 0 Å². The minimum absolute atomic E-state index is 0.0380. The first-order valence-corrected chi connectivity index (χ1v) is 13.9. The zero-order valence-corrected chi connectivity index (χ0v) is 22.8. The first-order valence-electron chi connectivity index (χ1n) is 13.9. The summed E-state index contributed by atoms with van der Waals surface area (Å²) in [6.07, 6.45) is 1.82. The maximum atomic E-state index is 13.9. The van der Waals surface area contributed by atoms with Crippen LogP contribution in [-0.4, -0.2) is 84.9 Å². The fourth-order valence-corrected chi connectivity index (χ4v) is 5.61. The van der Waals surface area contributed by atoms with E-state index in [4.69, 9.17) is 0 Å². The summed E-state index contributed by atoms with van der Waals surface area (Å²) in [6.45, 7) is 5.79. The molecule has 0 atom stereocenters. The van der Waals surface area contributed by atoms with Crippen molar-refractivity contribution in [1.29, 1.82) is 0 Å². The fourth-order valence-electron chi connectivity index (χ4n) is 5.61. The Hall–Kier alpha value is -4.43. The molecule has 3 aromatic carbocycles. The molecule has 8 heteroatoms. The van der Waals surface area contributed by atoms with Crippen LogP contribution in [0.4, 0.5) is 11.4 Å². The third-order valence-corrected chi connectivity index (χ3v) is 7.90. The number of para-hydroxylation sites is 1. The number of amides is 1. The van der Waals surface area contributed by atoms with Crippen molar-refractivity contribution in [3.8, 4) is 16.8 Å². The normalized spacial score (nSPS) is 16.3. The number of anilines is 2. The van der Waals surface area contributed by atoms with Gasteiger partial charge < -0.3 is 19.6 Å². The van der Waals surface area contributed by atoms with Gasteiger partial charge >= 0.3 is 0 Å². The Labute approximate surface area is 234 Å². The molecule has 204 valence electrons. The Morgan fingerprint density at radius 2 is 1.30 bits per heavy atom. The second-order valence-corrected chi connectivity index (χ2v) is 10.4. The second-order valence-electron chi connectivity index (χ2n) is 10.4. The van der Waals surface area contributed by atoms with E-state index in [1.807, 2.05) is 96.0 Å². The summed E-state index contributed by atoms with van der Waals surface area (Å²) in [4.78, 5) is 36.2. The highest BCUT2D eigenvalue weighted by atomic mass is 16.2. The summed E-state index contributed by atoms with van der Waals surface area (Å²) in [5.74, 6) is 0.0380. The lowest BCUT2D eigenvalue weighted by molar-refractivity contribution is 0.0747. The van der Waals surface area contributed by atoms with Crippen LogP contribution in [0.25, 0.3) is 16.8 Å². The van der Waals surface area contributed by atoms with Crippen LogP contribution in [0, 0.1) is 0 Å². The number of carbonyl (C=O) groups is 1. The van der Waals surface area contributed by atoms with E-state index in [9.17, 15) is 9.59 Å². The third-order valence-electron chi connectivity index (χ3n) is 7.90. The predicted octanol–water partition coefficient (Wildman–Crippen LogP) is 3.61. The van der Waals surface area contributed by atoms with E-state index >= 15 is 0 Å². The van der Waals surface area contributed by atoms with Crippen LogP contribution >= 0.6 is 0 Å². The molecular formula is C32H34N6O2. The summed E-state index contributed by atoms with van der Waals surface area (Å²) in [5.41, 5.74) is 4.88. The molecule has 0 bridgehead atoms. The number of carbonyl (C=O) groups excluding carboxylic acids is 1. The van der Waals surface area contributed by atoms with Crippen LogP contribution in [0.2, 0.25) is 0 Å². The Morgan fingerprint density at radius 1 is 0.700 bits per heavy atom. The zero-order valence-electron chi connectivity index (χ0n) is 22.8. The number of nitrogens with zero attached hydrogens (tertiary/aromatic N) is 6. The topological polar surface area (TPSA) is 64.9 Å². The molecule has 0 N–H and O–H groups in total. The molecule has 8 nitrogen and oxygen atoms in total. The lowest BCUT2D eigenvalue weighted by atomic mass is 9.98. The molecule has 1 aromatic heterocycles. The van der Waals surface area contributed by atoms with Crippen molar-refractivity contribution in [1.82, 2.24) is 19.6 Å². The number of hydrogen-bond donors (Lipinski definition) is 0. The number of benzene rings is 3. The molecule has 0 unspecified atom stereocenters. The summed E-state index contributed by atoms with van der Waals surface area (Å²) < 4.78 is 1.50. The van der Waals surface area contributed by atoms with Crippen molar-refractivity contribution in [3.05, 3.63) is 107 Å². The summed E-state index contributed by atoms with van der Waals surface area (Å²) >= 11 is 0. The molecule has 2 fully saturated rings.